The Balaban J connectivity index is 1.69. The molecule has 2 atom stereocenters. The third-order valence-corrected chi connectivity index (χ3v) is 7.25. The second-order valence-electron chi connectivity index (χ2n) is 6.47. The summed E-state index contributed by atoms with van der Waals surface area (Å²) in [5, 5.41) is 2.81. The number of alkyl halides is 2. The van der Waals surface area contributed by atoms with Crippen LogP contribution in [0.3, 0.4) is 0 Å². The first-order chi connectivity index (χ1) is 11.7. The number of amides is 1. The fraction of sp³-hybridized carbons (Fsp3) is 0.667. The molecule has 2 aliphatic rings. The molecule has 1 N–H and O–H groups in total. The van der Waals surface area contributed by atoms with Crippen molar-refractivity contribution in [2.75, 3.05) is 18.1 Å². The summed E-state index contributed by atoms with van der Waals surface area (Å²) >= 11 is 1.08. The third kappa shape index (κ3) is 4.29. The number of sulfone groups is 1. The van der Waals surface area contributed by atoms with Gasteiger partial charge in [-0.2, -0.15) is 8.78 Å². The molecule has 10 heteroatoms. The Morgan fingerprint density at radius 3 is 2.92 bits per heavy atom. The second kappa shape index (κ2) is 6.81. The van der Waals surface area contributed by atoms with E-state index in [9.17, 15) is 22.0 Å². The van der Waals surface area contributed by atoms with Crippen molar-refractivity contribution < 1.29 is 31.5 Å². The van der Waals surface area contributed by atoms with Crippen LogP contribution >= 0.6 is 11.3 Å². The van der Waals surface area contributed by atoms with E-state index in [4.69, 9.17) is 4.74 Å². The van der Waals surface area contributed by atoms with Gasteiger partial charge in [-0.05, 0) is 32.3 Å². The van der Waals surface area contributed by atoms with Gasteiger partial charge >= 0.3 is 6.61 Å². The lowest BCUT2D eigenvalue weighted by atomic mass is 9.90. The first-order valence-electron chi connectivity index (χ1n) is 7.89. The van der Waals surface area contributed by atoms with Gasteiger partial charge in [-0.15, -0.1) is 11.3 Å². The van der Waals surface area contributed by atoms with Gasteiger partial charge in [0.2, 0.25) is 0 Å². The van der Waals surface area contributed by atoms with Crippen molar-refractivity contribution in [3.05, 3.63) is 15.8 Å². The molecule has 3 heterocycles. The van der Waals surface area contributed by atoms with E-state index in [0.29, 0.717) is 30.7 Å². The van der Waals surface area contributed by atoms with Crippen LogP contribution in [0.5, 0.6) is 5.75 Å². The van der Waals surface area contributed by atoms with Crippen molar-refractivity contribution in [3.63, 3.8) is 0 Å². The molecule has 2 fully saturated rings. The average molecular weight is 395 g/mol. The standard InChI is InChI=1S/C15H19F2NO5S2/c1-9-6-11(23-14(16)17)12(24-9)13(19)18-10-2-4-22-15(7-10)3-5-25(20,21)8-15/h6,10,14H,2-5,7-8H2,1H3,(H,18,19)/t10-,15+/m0/s1. The number of hydrogen-bond acceptors (Lipinski definition) is 6. The molecule has 0 saturated carbocycles. The van der Waals surface area contributed by atoms with Crippen molar-refractivity contribution in [1.29, 1.82) is 0 Å². The van der Waals surface area contributed by atoms with Crippen LogP contribution < -0.4 is 10.1 Å². The summed E-state index contributed by atoms with van der Waals surface area (Å²) in [6, 6.07) is 1.14. The molecule has 6 nitrogen and oxygen atoms in total. The van der Waals surface area contributed by atoms with Crippen LogP contribution in [-0.2, 0) is 14.6 Å². The normalized spacial score (nSPS) is 28.4. The van der Waals surface area contributed by atoms with E-state index in [0.717, 1.165) is 11.3 Å². The molecule has 1 aromatic heterocycles. The lowest BCUT2D eigenvalue weighted by Gasteiger charge is -2.37. The van der Waals surface area contributed by atoms with Crippen molar-refractivity contribution >= 4 is 27.1 Å². The monoisotopic (exact) mass is 395 g/mol. The summed E-state index contributed by atoms with van der Waals surface area (Å²) in [6.45, 7) is -0.952. The molecule has 1 amide bonds. The predicted molar refractivity (Wildman–Crippen MR) is 88.1 cm³/mol. The Kier molecular flexibility index (Phi) is 5.04. The first-order valence-corrected chi connectivity index (χ1v) is 10.5. The largest absolute Gasteiger partial charge is 0.433 e. The summed E-state index contributed by atoms with van der Waals surface area (Å²) in [5.74, 6) is -0.578. The second-order valence-corrected chi connectivity index (χ2v) is 9.91. The van der Waals surface area contributed by atoms with E-state index in [1.54, 1.807) is 6.92 Å². The highest BCUT2D eigenvalue weighted by Gasteiger charge is 2.46. The average Bonchev–Trinajstić information content (AvgIpc) is 2.98. The molecular formula is C15H19F2NO5S2. The van der Waals surface area contributed by atoms with Crippen molar-refractivity contribution in [1.82, 2.24) is 5.32 Å². The van der Waals surface area contributed by atoms with Crippen LogP contribution in [0.1, 0.15) is 33.8 Å². The fourth-order valence-electron chi connectivity index (χ4n) is 3.40. The van der Waals surface area contributed by atoms with Crippen LogP contribution in [0, 0.1) is 6.92 Å². The van der Waals surface area contributed by atoms with Crippen LogP contribution in [0.25, 0.3) is 0 Å². The quantitative estimate of drug-likeness (QED) is 0.845. The molecule has 2 saturated heterocycles. The molecule has 25 heavy (non-hydrogen) atoms. The van der Waals surface area contributed by atoms with Crippen LogP contribution in [0.2, 0.25) is 0 Å². The number of rotatable bonds is 4. The first kappa shape index (κ1) is 18.5. The van der Waals surface area contributed by atoms with E-state index >= 15 is 0 Å². The number of ether oxygens (including phenoxy) is 2. The lowest BCUT2D eigenvalue weighted by molar-refractivity contribution is -0.0691. The van der Waals surface area contributed by atoms with E-state index in [1.807, 2.05) is 0 Å². The maximum atomic E-state index is 12.5. The Bertz CT molecular complexity index is 764. The van der Waals surface area contributed by atoms with E-state index < -0.39 is 28.0 Å². The number of nitrogens with one attached hydrogen (secondary N) is 1. The Morgan fingerprint density at radius 1 is 1.52 bits per heavy atom. The number of halogens is 2. The summed E-state index contributed by atoms with van der Waals surface area (Å²) < 4.78 is 58.6. The SMILES string of the molecule is Cc1cc(OC(F)F)c(C(=O)N[C@H]2CCO[C@]3(CCS(=O)(=O)C3)C2)s1. The van der Waals surface area contributed by atoms with Crippen molar-refractivity contribution in [2.45, 2.75) is 44.4 Å². The minimum atomic E-state index is -3.11. The molecule has 0 aromatic carbocycles. The fourth-order valence-corrected chi connectivity index (χ4v) is 6.22. The van der Waals surface area contributed by atoms with Gasteiger partial charge in [0.15, 0.2) is 9.84 Å². The molecule has 3 rings (SSSR count). The Hall–Kier alpha value is -1.26. The highest BCUT2D eigenvalue weighted by molar-refractivity contribution is 7.91. The molecule has 0 bridgehead atoms. The number of thiophene rings is 1. The van der Waals surface area contributed by atoms with E-state index in [-0.39, 0.29) is 28.2 Å². The topological polar surface area (TPSA) is 81.7 Å². The van der Waals surface area contributed by atoms with Gasteiger partial charge in [0.05, 0.1) is 17.1 Å². The number of hydrogen-bond donors (Lipinski definition) is 1. The van der Waals surface area contributed by atoms with Crippen molar-refractivity contribution in [2.24, 2.45) is 0 Å². The zero-order chi connectivity index (χ0) is 18.2. The minimum absolute atomic E-state index is 0.0375. The molecule has 0 aliphatic carbocycles. The molecule has 1 aromatic rings. The van der Waals surface area contributed by atoms with Gasteiger partial charge < -0.3 is 14.8 Å². The maximum Gasteiger partial charge on any atom is 0.387 e. The summed E-state index contributed by atoms with van der Waals surface area (Å²) in [4.78, 5) is 13.3. The smallest absolute Gasteiger partial charge is 0.387 e. The molecule has 1 spiro atoms. The summed E-state index contributed by atoms with van der Waals surface area (Å²) in [7, 11) is -3.11. The summed E-state index contributed by atoms with van der Waals surface area (Å²) in [6.07, 6.45) is 1.36. The Labute approximate surface area is 148 Å². The molecule has 0 radical (unpaired) electrons. The highest BCUT2D eigenvalue weighted by atomic mass is 32.2. The van der Waals surface area contributed by atoms with Gasteiger partial charge in [-0.3, -0.25) is 4.79 Å². The molecule has 2 aliphatic heterocycles. The zero-order valence-corrected chi connectivity index (χ0v) is 15.2. The Morgan fingerprint density at radius 2 is 2.28 bits per heavy atom. The molecule has 0 unspecified atom stereocenters. The highest BCUT2D eigenvalue weighted by Crippen LogP contribution is 2.36. The number of carbonyl (C=O) groups is 1. The van der Waals surface area contributed by atoms with E-state index in [2.05, 4.69) is 10.1 Å². The predicted octanol–water partition coefficient (Wildman–Crippen LogP) is 2.12. The van der Waals surface area contributed by atoms with E-state index in [1.165, 1.54) is 6.07 Å². The van der Waals surface area contributed by atoms with Gasteiger partial charge in [-0.25, -0.2) is 8.42 Å². The van der Waals surface area contributed by atoms with Gasteiger partial charge in [0, 0.05) is 17.5 Å². The molecule has 140 valence electrons. The van der Waals surface area contributed by atoms with Gasteiger partial charge in [-0.1, -0.05) is 0 Å². The van der Waals surface area contributed by atoms with Crippen LogP contribution in [0.4, 0.5) is 8.78 Å². The van der Waals surface area contributed by atoms with Crippen LogP contribution in [0.15, 0.2) is 6.07 Å². The lowest BCUT2D eigenvalue weighted by Crippen LogP contribution is -2.49. The summed E-state index contributed by atoms with van der Waals surface area (Å²) in [5.41, 5.74) is -0.747. The molecular weight excluding hydrogens is 376 g/mol. The minimum Gasteiger partial charge on any atom is -0.433 e. The zero-order valence-electron chi connectivity index (χ0n) is 13.6. The van der Waals surface area contributed by atoms with Gasteiger partial charge in [0.25, 0.3) is 5.91 Å². The van der Waals surface area contributed by atoms with Crippen LogP contribution in [-0.4, -0.2) is 50.7 Å². The van der Waals surface area contributed by atoms with Crippen molar-refractivity contribution in [3.8, 4) is 5.75 Å². The number of aryl methyl sites for hydroxylation is 1. The maximum absolute atomic E-state index is 12.5. The number of carbonyl (C=O) groups excluding carboxylic acids is 1. The third-order valence-electron chi connectivity index (χ3n) is 4.42. The van der Waals surface area contributed by atoms with Gasteiger partial charge in [0.1, 0.15) is 10.6 Å².